The number of hydrogen-bond acceptors (Lipinski definition) is 8. The summed E-state index contributed by atoms with van der Waals surface area (Å²) in [5, 5.41) is 10.1. The summed E-state index contributed by atoms with van der Waals surface area (Å²) in [4.78, 5) is 20.7. The molecule has 0 amide bonds. The summed E-state index contributed by atoms with van der Waals surface area (Å²) in [6, 6.07) is 11.6. The molecule has 1 aromatic carbocycles. The van der Waals surface area contributed by atoms with Gasteiger partial charge in [0.15, 0.2) is 12.3 Å². The smallest absolute Gasteiger partial charge is 0.358 e. The molecule has 3 heterocycles. The molecule has 0 aliphatic heterocycles. The second-order valence-electron chi connectivity index (χ2n) is 5.01. The van der Waals surface area contributed by atoms with Crippen LogP contribution in [-0.4, -0.2) is 21.1 Å². The summed E-state index contributed by atoms with van der Waals surface area (Å²) in [6.45, 7) is -0.0648. The van der Waals surface area contributed by atoms with Gasteiger partial charge in [-0.2, -0.15) is 16.3 Å². The van der Waals surface area contributed by atoms with Gasteiger partial charge in [-0.05, 0) is 11.4 Å². The van der Waals surface area contributed by atoms with Crippen molar-refractivity contribution < 1.29 is 14.1 Å². The van der Waals surface area contributed by atoms with E-state index in [1.54, 1.807) is 5.38 Å². The summed E-state index contributed by atoms with van der Waals surface area (Å²) in [6.07, 6.45) is 0. The van der Waals surface area contributed by atoms with Gasteiger partial charge in [0.25, 0.3) is 5.89 Å². The molecule has 124 valence electrons. The highest BCUT2D eigenvalue weighted by Gasteiger charge is 2.15. The third-order valence-corrected chi connectivity index (χ3v) is 4.88. The van der Waals surface area contributed by atoms with Gasteiger partial charge in [-0.1, -0.05) is 35.5 Å². The number of hydrogen-bond donors (Lipinski definition) is 0. The number of carbonyl (C=O) groups excluding carboxylic acids is 1. The number of aromatic nitrogens is 3. The lowest BCUT2D eigenvalue weighted by Gasteiger charge is -1.98. The molecule has 4 aromatic rings. The highest BCUT2D eigenvalue weighted by atomic mass is 32.1. The van der Waals surface area contributed by atoms with Crippen LogP contribution in [0.25, 0.3) is 22.0 Å². The lowest BCUT2D eigenvalue weighted by Crippen LogP contribution is -2.06. The van der Waals surface area contributed by atoms with E-state index in [1.165, 1.54) is 22.7 Å². The first-order valence-corrected chi connectivity index (χ1v) is 9.15. The van der Waals surface area contributed by atoms with Crippen molar-refractivity contribution in [2.24, 2.45) is 0 Å². The molecule has 0 aliphatic rings. The fourth-order valence-corrected chi connectivity index (χ4v) is 3.53. The second kappa shape index (κ2) is 6.96. The summed E-state index contributed by atoms with van der Waals surface area (Å²) in [5.41, 5.74) is 2.08. The second-order valence-corrected chi connectivity index (χ2v) is 6.65. The van der Waals surface area contributed by atoms with E-state index in [4.69, 9.17) is 9.26 Å². The molecule has 0 fully saturated rings. The minimum absolute atomic E-state index is 0.0648. The van der Waals surface area contributed by atoms with E-state index >= 15 is 0 Å². The molecule has 0 atom stereocenters. The van der Waals surface area contributed by atoms with Crippen molar-refractivity contribution in [3.05, 3.63) is 64.1 Å². The van der Waals surface area contributed by atoms with Crippen molar-refractivity contribution in [3.63, 3.8) is 0 Å². The Bertz CT molecular complexity index is 978. The minimum Gasteiger partial charge on any atom is -0.453 e. The molecule has 0 radical (unpaired) electrons. The van der Waals surface area contributed by atoms with Gasteiger partial charge < -0.3 is 9.26 Å². The third-order valence-electron chi connectivity index (χ3n) is 3.30. The van der Waals surface area contributed by atoms with Gasteiger partial charge in [-0.15, -0.1) is 11.3 Å². The van der Waals surface area contributed by atoms with E-state index in [1.807, 2.05) is 47.2 Å². The number of thiophene rings is 1. The summed E-state index contributed by atoms with van der Waals surface area (Å²) in [5.74, 6) is 0.209. The lowest BCUT2D eigenvalue weighted by molar-refractivity contribution is 0.0454. The average molecular weight is 369 g/mol. The van der Waals surface area contributed by atoms with Crippen LogP contribution in [0.2, 0.25) is 0 Å². The molecule has 8 heteroatoms. The predicted molar refractivity (Wildman–Crippen MR) is 94.3 cm³/mol. The standard InChI is InChI=1S/C17H11N3O3S2/c21-17(13-10-25-16(18-13)11-4-2-1-3-5-11)22-8-14-19-15(23-20-14)12-6-7-24-9-12/h1-7,9-10H,8H2. The summed E-state index contributed by atoms with van der Waals surface area (Å²) in [7, 11) is 0. The lowest BCUT2D eigenvalue weighted by atomic mass is 10.2. The molecule has 0 saturated heterocycles. The topological polar surface area (TPSA) is 78.1 Å². The van der Waals surface area contributed by atoms with Crippen LogP contribution in [0, 0.1) is 0 Å². The fourth-order valence-electron chi connectivity index (χ4n) is 2.10. The number of nitrogens with zero attached hydrogens (tertiary/aromatic N) is 3. The molecule has 25 heavy (non-hydrogen) atoms. The van der Waals surface area contributed by atoms with Crippen LogP contribution < -0.4 is 0 Å². The minimum atomic E-state index is -0.514. The van der Waals surface area contributed by atoms with Gasteiger partial charge in [0.1, 0.15) is 5.01 Å². The molecule has 0 aliphatic carbocycles. The van der Waals surface area contributed by atoms with Crippen LogP contribution in [0.5, 0.6) is 0 Å². The molecule has 6 nitrogen and oxygen atoms in total. The van der Waals surface area contributed by atoms with Gasteiger partial charge in [-0.3, -0.25) is 0 Å². The van der Waals surface area contributed by atoms with Gasteiger partial charge >= 0.3 is 5.97 Å². The largest absolute Gasteiger partial charge is 0.453 e. The zero-order chi connectivity index (χ0) is 17.1. The number of benzene rings is 1. The first kappa shape index (κ1) is 15.7. The highest BCUT2D eigenvalue weighted by molar-refractivity contribution is 7.13. The molecule has 3 aromatic heterocycles. The molecule has 0 N–H and O–H groups in total. The van der Waals surface area contributed by atoms with Crippen molar-refractivity contribution in [2.45, 2.75) is 6.61 Å². The molecule has 4 rings (SSSR count). The maximum absolute atomic E-state index is 12.1. The number of ether oxygens (including phenoxy) is 1. The zero-order valence-electron chi connectivity index (χ0n) is 12.8. The van der Waals surface area contributed by atoms with E-state index in [-0.39, 0.29) is 12.3 Å². The van der Waals surface area contributed by atoms with Crippen LogP contribution >= 0.6 is 22.7 Å². The van der Waals surface area contributed by atoms with Crippen molar-refractivity contribution in [3.8, 4) is 22.0 Å². The molecule has 0 spiro atoms. The Morgan fingerprint density at radius 2 is 1.96 bits per heavy atom. The Morgan fingerprint density at radius 3 is 2.76 bits per heavy atom. The summed E-state index contributed by atoms with van der Waals surface area (Å²) >= 11 is 2.93. The SMILES string of the molecule is O=C(OCc1noc(-c2ccsc2)n1)c1csc(-c2ccccc2)n1. The van der Waals surface area contributed by atoms with Gasteiger partial charge in [0.05, 0.1) is 5.56 Å². The number of carbonyl (C=O) groups is 1. The Kier molecular flexibility index (Phi) is 4.36. The van der Waals surface area contributed by atoms with Crippen LogP contribution in [-0.2, 0) is 11.3 Å². The fraction of sp³-hybridized carbons (Fsp3) is 0.0588. The average Bonchev–Trinajstić information content (AvgIpc) is 3.41. The van der Waals surface area contributed by atoms with Crippen LogP contribution in [0.15, 0.2) is 57.1 Å². The molecule has 0 unspecified atom stereocenters. The first-order valence-electron chi connectivity index (χ1n) is 7.33. The van der Waals surface area contributed by atoms with Crippen molar-refractivity contribution in [1.82, 2.24) is 15.1 Å². The van der Waals surface area contributed by atoms with E-state index in [9.17, 15) is 4.79 Å². The van der Waals surface area contributed by atoms with Gasteiger partial charge in [0, 0.05) is 16.3 Å². The third kappa shape index (κ3) is 3.49. The van der Waals surface area contributed by atoms with Gasteiger partial charge in [-0.25, -0.2) is 9.78 Å². The maximum Gasteiger partial charge on any atom is 0.358 e. The molecular formula is C17H11N3O3S2. The Balaban J connectivity index is 1.40. The Morgan fingerprint density at radius 1 is 1.08 bits per heavy atom. The number of rotatable bonds is 5. The monoisotopic (exact) mass is 369 g/mol. The van der Waals surface area contributed by atoms with Crippen molar-refractivity contribution in [2.75, 3.05) is 0 Å². The Hall–Kier alpha value is -2.84. The molecule has 0 saturated carbocycles. The first-order chi connectivity index (χ1) is 12.3. The van der Waals surface area contributed by atoms with Crippen molar-refractivity contribution >= 4 is 28.6 Å². The summed E-state index contributed by atoms with van der Waals surface area (Å²) < 4.78 is 10.4. The zero-order valence-corrected chi connectivity index (χ0v) is 14.4. The normalized spacial score (nSPS) is 10.7. The predicted octanol–water partition coefficient (Wildman–Crippen LogP) is 4.28. The maximum atomic E-state index is 12.1. The van der Waals surface area contributed by atoms with E-state index < -0.39 is 5.97 Å². The van der Waals surface area contributed by atoms with E-state index in [0.717, 1.165) is 16.1 Å². The molecular weight excluding hydrogens is 358 g/mol. The molecule has 0 bridgehead atoms. The van der Waals surface area contributed by atoms with E-state index in [2.05, 4.69) is 15.1 Å². The van der Waals surface area contributed by atoms with Crippen LogP contribution in [0.3, 0.4) is 0 Å². The van der Waals surface area contributed by atoms with Gasteiger partial charge in [0.2, 0.25) is 5.82 Å². The van der Waals surface area contributed by atoms with E-state index in [0.29, 0.717) is 11.7 Å². The Labute approximate surface area is 150 Å². The quantitative estimate of drug-likeness (QED) is 0.489. The van der Waals surface area contributed by atoms with Crippen LogP contribution in [0.4, 0.5) is 0 Å². The highest BCUT2D eigenvalue weighted by Crippen LogP contribution is 2.24. The number of thiazole rings is 1. The number of esters is 1. The van der Waals surface area contributed by atoms with Crippen LogP contribution in [0.1, 0.15) is 16.3 Å². The van der Waals surface area contributed by atoms with Crippen molar-refractivity contribution in [1.29, 1.82) is 0 Å².